The smallest absolute Gasteiger partial charge is 0.121 e. The van der Waals surface area contributed by atoms with Gasteiger partial charge in [0.2, 0.25) is 0 Å². The Hall–Kier alpha value is -2.20. The van der Waals surface area contributed by atoms with Crippen LogP contribution in [0.4, 0.5) is 11.4 Å². The Morgan fingerprint density at radius 1 is 0.960 bits per heavy atom. The molecular formula is C21H29N3O. The fourth-order valence-electron chi connectivity index (χ4n) is 3.48. The summed E-state index contributed by atoms with van der Waals surface area (Å²) >= 11 is 0. The quantitative estimate of drug-likeness (QED) is 0.598. The minimum atomic E-state index is 0.581. The van der Waals surface area contributed by atoms with E-state index in [9.17, 15) is 0 Å². The van der Waals surface area contributed by atoms with Gasteiger partial charge in [0.25, 0.3) is 0 Å². The normalized spacial score (nSPS) is 16.0. The molecule has 25 heavy (non-hydrogen) atoms. The van der Waals surface area contributed by atoms with Crippen LogP contribution in [0.3, 0.4) is 0 Å². The summed E-state index contributed by atoms with van der Waals surface area (Å²) in [6.45, 7) is 4.22. The van der Waals surface area contributed by atoms with Gasteiger partial charge < -0.3 is 21.1 Å². The molecule has 134 valence electrons. The van der Waals surface area contributed by atoms with Crippen LogP contribution in [0.25, 0.3) is 0 Å². The van der Waals surface area contributed by atoms with E-state index < -0.39 is 0 Å². The number of nitrogen functional groups attached to an aromatic ring is 2. The molecule has 0 aromatic heterocycles. The number of nitrogens with zero attached hydrogens (tertiary/aromatic N) is 1. The molecule has 1 heterocycles. The molecule has 2 aromatic carbocycles. The molecule has 0 unspecified atom stereocenters. The first kappa shape index (κ1) is 17.6. The van der Waals surface area contributed by atoms with Crippen LogP contribution in [0, 0.1) is 5.92 Å². The van der Waals surface area contributed by atoms with E-state index in [1.165, 1.54) is 37.9 Å². The van der Waals surface area contributed by atoms with E-state index >= 15 is 0 Å². The first-order chi connectivity index (χ1) is 12.2. The van der Waals surface area contributed by atoms with Crippen LogP contribution in [0.1, 0.15) is 24.8 Å². The van der Waals surface area contributed by atoms with Gasteiger partial charge >= 0.3 is 0 Å². The predicted molar refractivity (Wildman–Crippen MR) is 105 cm³/mol. The number of rotatable bonds is 7. The maximum absolute atomic E-state index is 5.80. The van der Waals surface area contributed by atoms with Crippen LogP contribution >= 0.6 is 0 Å². The molecule has 1 aliphatic rings. The highest BCUT2D eigenvalue weighted by atomic mass is 16.5. The molecule has 0 atom stereocenters. The van der Waals surface area contributed by atoms with Crippen molar-refractivity contribution >= 4 is 11.4 Å². The van der Waals surface area contributed by atoms with E-state index in [2.05, 4.69) is 35.2 Å². The predicted octanol–water partition coefficient (Wildman–Crippen LogP) is 3.57. The number of piperidine rings is 1. The third-order valence-electron chi connectivity index (χ3n) is 5.02. The minimum Gasteiger partial charge on any atom is -0.493 e. The van der Waals surface area contributed by atoms with Crippen molar-refractivity contribution in [3.8, 4) is 5.75 Å². The summed E-state index contributed by atoms with van der Waals surface area (Å²) in [4.78, 5) is 2.56. The molecule has 4 nitrogen and oxygen atoms in total. The van der Waals surface area contributed by atoms with E-state index in [-0.39, 0.29) is 0 Å². The maximum atomic E-state index is 5.80. The monoisotopic (exact) mass is 339 g/mol. The number of hydrogen-bond donors (Lipinski definition) is 2. The molecule has 2 aromatic rings. The largest absolute Gasteiger partial charge is 0.493 e. The van der Waals surface area contributed by atoms with E-state index in [4.69, 9.17) is 16.2 Å². The summed E-state index contributed by atoms with van der Waals surface area (Å²) in [6.07, 6.45) is 4.85. The maximum Gasteiger partial charge on any atom is 0.121 e. The fraction of sp³-hybridized carbons (Fsp3) is 0.429. The Morgan fingerprint density at radius 3 is 2.44 bits per heavy atom. The molecule has 0 saturated carbocycles. The number of anilines is 2. The second-order valence-corrected chi connectivity index (χ2v) is 6.97. The first-order valence-electron chi connectivity index (χ1n) is 9.25. The second-order valence-electron chi connectivity index (χ2n) is 6.97. The Morgan fingerprint density at radius 2 is 1.72 bits per heavy atom. The zero-order valence-corrected chi connectivity index (χ0v) is 14.9. The van der Waals surface area contributed by atoms with Crippen molar-refractivity contribution in [1.82, 2.24) is 4.90 Å². The number of nitrogens with two attached hydrogens (primary N) is 2. The average Bonchev–Trinajstić information content (AvgIpc) is 2.64. The lowest BCUT2D eigenvalue weighted by atomic mass is 9.90. The zero-order valence-electron chi connectivity index (χ0n) is 14.9. The molecule has 1 saturated heterocycles. The molecule has 0 radical (unpaired) electrons. The molecule has 1 fully saturated rings. The number of benzene rings is 2. The van der Waals surface area contributed by atoms with E-state index in [1.807, 2.05) is 6.07 Å². The van der Waals surface area contributed by atoms with Gasteiger partial charge in [-0.1, -0.05) is 30.3 Å². The van der Waals surface area contributed by atoms with Gasteiger partial charge in [0.1, 0.15) is 5.75 Å². The molecule has 0 bridgehead atoms. The number of ether oxygens (including phenoxy) is 1. The van der Waals surface area contributed by atoms with E-state index in [0.717, 1.165) is 24.6 Å². The summed E-state index contributed by atoms with van der Waals surface area (Å²) in [5.74, 6) is 1.63. The molecule has 0 aliphatic carbocycles. The Bertz CT molecular complexity index is 651. The third-order valence-corrected chi connectivity index (χ3v) is 5.02. The van der Waals surface area contributed by atoms with Gasteiger partial charge in [0.15, 0.2) is 0 Å². The van der Waals surface area contributed by atoms with Crippen LogP contribution in [0.15, 0.2) is 48.5 Å². The zero-order chi connectivity index (χ0) is 17.5. The van der Waals surface area contributed by atoms with Gasteiger partial charge in [0.05, 0.1) is 18.0 Å². The molecule has 4 N–H and O–H groups in total. The molecule has 0 spiro atoms. The number of hydrogen-bond acceptors (Lipinski definition) is 4. The fourth-order valence-corrected chi connectivity index (χ4v) is 3.48. The van der Waals surface area contributed by atoms with Crippen LogP contribution in [-0.2, 0) is 6.42 Å². The summed E-state index contributed by atoms with van der Waals surface area (Å²) in [7, 11) is 0. The second kappa shape index (κ2) is 8.77. The Kier molecular flexibility index (Phi) is 6.18. The SMILES string of the molecule is Nc1ccc(OCCCN2CCC(Cc3ccccc3)CC2)cc1N. The highest BCUT2D eigenvalue weighted by molar-refractivity contribution is 5.65. The lowest BCUT2D eigenvalue weighted by Crippen LogP contribution is -2.35. The van der Waals surface area contributed by atoms with Crippen LogP contribution in [0.5, 0.6) is 5.75 Å². The standard InChI is InChI=1S/C21H29N3O/c22-20-8-7-19(16-21(20)23)25-14-4-11-24-12-9-18(10-13-24)15-17-5-2-1-3-6-17/h1-3,5-8,16,18H,4,9-15,22-23H2. The van der Waals surface area contributed by atoms with Gasteiger partial charge in [-0.05, 0) is 62.4 Å². The lowest BCUT2D eigenvalue weighted by Gasteiger charge is -2.32. The molecular weight excluding hydrogens is 310 g/mol. The molecule has 3 rings (SSSR count). The van der Waals surface area contributed by atoms with Crippen LogP contribution in [0.2, 0.25) is 0 Å². The summed E-state index contributed by atoms with van der Waals surface area (Å²) in [5.41, 5.74) is 14.2. The average molecular weight is 339 g/mol. The van der Waals surface area contributed by atoms with Crippen LogP contribution < -0.4 is 16.2 Å². The minimum absolute atomic E-state index is 0.581. The van der Waals surface area contributed by atoms with Crippen LogP contribution in [-0.4, -0.2) is 31.1 Å². The highest BCUT2D eigenvalue weighted by Gasteiger charge is 2.19. The van der Waals surface area contributed by atoms with Gasteiger partial charge in [-0.2, -0.15) is 0 Å². The van der Waals surface area contributed by atoms with Crippen molar-refractivity contribution in [2.75, 3.05) is 37.7 Å². The van der Waals surface area contributed by atoms with Gasteiger partial charge in [-0.3, -0.25) is 0 Å². The van der Waals surface area contributed by atoms with Crippen molar-refractivity contribution in [1.29, 1.82) is 0 Å². The summed E-state index contributed by atoms with van der Waals surface area (Å²) < 4.78 is 5.77. The topological polar surface area (TPSA) is 64.5 Å². The third kappa shape index (κ3) is 5.40. The summed E-state index contributed by atoms with van der Waals surface area (Å²) in [6, 6.07) is 16.3. The first-order valence-corrected chi connectivity index (χ1v) is 9.25. The van der Waals surface area contributed by atoms with Crippen molar-refractivity contribution in [3.05, 3.63) is 54.1 Å². The van der Waals surface area contributed by atoms with Crippen molar-refractivity contribution in [2.45, 2.75) is 25.7 Å². The Labute approximate surface area is 150 Å². The van der Waals surface area contributed by atoms with Gasteiger partial charge in [-0.25, -0.2) is 0 Å². The molecule has 4 heteroatoms. The summed E-state index contributed by atoms with van der Waals surface area (Å²) in [5, 5.41) is 0. The molecule has 0 amide bonds. The van der Waals surface area contributed by atoms with E-state index in [0.29, 0.717) is 18.0 Å². The Balaban J connectivity index is 1.32. The lowest BCUT2D eigenvalue weighted by molar-refractivity contribution is 0.170. The van der Waals surface area contributed by atoms with Crippen molar-refractivity contribution in [2.24, 2.45) is 5.92 Å². The van der Waals surface area contributed by atoms with Gasteiger partial charge in [0, 0.05) is 12.6 Å². The van der Waals surface area contributed by atoms with Crippen molar-refractivity contribution in [3.63, 3.8) is 0 Å². The van der Waals surface area contributed by atoms with E-state index in [1.54, 1.807) is 12.1 Å². The van der Waals surface area contributed by atoms with Gasteiger partial charge in [-0.15, -0.1) is 0 Å². The number of likely N-dealkylation sites (tertiary alicyclic amines) is 1. The highest BCUT2D eigenvalue weighted by Crippen LogP contribution is 2.23. The van der Waals surface area contributed by atoms with Crippen molar-refractivity contribution < 1.29 is 4.74 Å². The molecule has 1 aliphatic heterocycles.